The van der Waals surface area contributed by atoms with E-state index in [-0.39, 0.29) is 0 Å². The minimum atomic E-state index is -0.536. The number of rotatable bonds is 0. The molecule has 50 valence electrons. The number of benzene rings is 1. The van der Waals surface area contributed by atoms with Crippen molar-refractivity contribution in [2.45, 2.75) is 0 Å². The molecular formula is C6H3BrF2Zn. The monoisotopic (exact) mass is 256 g/mol. The van der Waals surface area contributed by atoms with Gasteiger partial charge < -0.3 is 0 Å². The molecule has 0 atom stereocenters. The zero-order valence-electron chi connectivity index (χ0n) is 5.07. The van der Waals surface area contributed by atoms with Gasteiger partial charge in [0.25, 0.3) is 0 Å². The van der Waals surface area contributed by atoms with Crippen molar-refractivity contribution in [3.63, 3.8) is 0 Å². The molecular weight excluding hydrogens is 255 g/mol. The van der Waals surface area contributed by atoms with Gasteiger partial charge in [-0.2, -0.15) is 0 Å². The molecule has 0 saturated carbocycles. The van der Waals surface area contributed by atoms with Gasteiger partial charge in [-0.05, 0) is 0 Å². The first-order valence-electron chi connectivity index (χ1n) is 2.38. The van der Waals surface area contributed by atoms with Crippen molar-refractivity contribution in [3.05, 3.63) is 35.9 Å². The molecule has 0 heterocycles. The number of halogens is 3. The van der Waals surface area contributed by atoms with Crippen LogP contribution in [0.4, 0.5) is 8.78 Å². The van der Waals surface area contributed by atoms with E-state index < -0.39 is 11.6 Å². The summed E-state index contributed by atoms with van der Waals surface area (Å²) < 4.78 is 23.8. The van der Waals surface area contributed by atoms with Crippen LogP contribution in [-0.2, 0) is 16.3 Å². The molecule has 0 saturated heterocycles. The van der Waals surface area contributed by atoms with E-state index in [9.17, 15) is 8.78 Å². The number of hydrogen-bond donors (Lipinski definition) is 0. The molecule has 0 unspecified atom stereocenters. The summed E-state index contributed by atoms with van der Waals surface area (Å²) in [4.78, 5) is 0. The Morgan fingerprint density at radius 2 is 1.90 bits per heavy atom. The zero-order valence-corrected chi connectivity index (χ0v) is 9.63. The van der Waals surface area contributed by atoms with E-state index in [0.717, 1.165) is 18.2 Å². The van der Waals surface area contributed by atoms with Gasteiger partial charge >= 0.3 is 30.0 Å². The predicted octanol–water partition coefficient (Wildman–Crippen LogP) is 2.61. The van der Waals surface area contributed by atoms with Gasteiger partial charge in [-0.1, -0.05) is 0 Å². The molecule has 1 rings (SSSR count). The molecule has 10 heavy (non-hydrogen) atoms. The normalized spacial score (nSPS) is 8.10. The predicted molar refractivity (Wildman–Crippen MR) is 34.1 cm³/mol. The van der Waals surface area contributed by atoms with Crippen LogP contribution >= 0.6 is 13.6 Å². The molecule has 0 aliphatic rings. The molecule has 1 aromatic rings. The maximum atomic E-state index is 11.9. The summed E-state index contributed by atoms with van der Waals surface area (Å²) in [7, 11) is 0. The Labute approximate surface area is 74.7 Å². The first kappa shape index (κ1) is 10.2. The maximum absolute atomic E-state index is 11.9. The molecule has 4 heteroatoms. The van der Waals surface area contributed by atoms with Crippen LogP contribution in [0.5, 0.6) is 0 Å². The molecule has 0 aliphatic heterocycles. The summed E-state index contributed by atoms with van der Waals surface area (Å²) in [5.41, 5.74) is 0. The first-order chi connectivity index (χ1) is 4.79. The topological polar surface area (TPSA) is 0 Å². The van der Waals surface area contributed by atoms with Crippen molar-refractivity contribution in [1.29, 1.82) is 0 Å². The third kappa shape index (κ3) is 4.07. The standard InChI is InChI=1S/C6H3F2.BrH.Zn/c7-5-1-2-6(8)4-3-5;;/h1-3H;1H;/q-1;;+2/p-1. The van der Waals surface area contributed by atoms with Gasteiger partial charge in [0, 0.05) is 11.6 Å². The van der Waals surface area contributed by atoms with E-state index in [2.05, 4.69) is 19.7 Å². The minimum absolute atomic E-state index is 0.466. The summed E-state index contributed by atoms with van der Waals surface area (Å²) in [5.74, 6) is -1.00. The first-order valence-corrected chi connectivity index (χ1v) is 9.33. The summed E-state index contributed by atoms with van der Waals surface area (Å²) in [6.07, 6.45) is 0. The quantitative estimate of drug-likeness (QED) is 0.496. The Kier molecular flexibility index (Phi) is 6.04. The summed E-state index contributed by atoms with van der Waals surface area (Å²) in [6.45, 7) is 0. The summed E-state index contributed by atoms with van der Waals surface area (Å²) >= 11 is 4.25. The second-order valence-electron chi connectivity index (χ2n) is 1.35. The molecule has 0 aliphatic carbocycles. The Bertz CT molecular complexity index is 155. The molecule has 0 fully saturated rings. The summed E-state index contributed by atoms with van der Waals surface area (Å²) in [5, 5.41) is 0. The van der Waals surface area contributed by atoms with E-state index in [4.69, 9.17) is 0 Å². The van der Waals surface area contributed by atoms with E-state index in [1.807, 2.05) is 0 Å². The van der Waals surface area contributed by atoms with E-state index in [1.54, 1.807) is 0 Å². The van der Waals surface area contributed by atoms with Crippen LogP contribution in [0.3, 0.4) is 0 Å². The summed E-state index contributed by atoms with van der Waals surface area (Å²) in [6, 6.07) is 5.08. The molecule has 0 bridgehead atoms. The Morgan fingerprint density at radius 1 is 1.30 bits per heavy atom. The molecule has 0 nitrogen and oxygen atoms in total. The second-order valence-corrected chi connectivity index (χ2v) is 1.35. The Balaban J connectivity index is 0.000000371. The average Bonchev–Trinajstić information content (AvgIpc) is 2.00. The Morgan fingerprint density at radius 3 is 2.20 bits per heavy atom. The van der Waals surface area contributed by atoms with Crippen molar-refractivity contribution >= 4 is 13.6 Å². The van der Waals surface area contributed by atoms with E-state index in [0.29, 0.717) is 0 Å². The van der Waals surface area contributed by atoms with Crippen molar-refractivity contribution in [2.75, 3.05) is 0 Å². The van der Waals surface area contributed by atoms with Crippen LogP contribution in [0.25, 0.3) is 0 Å². The van der Waals surface area contributed by atoms with Crippen LogP contribution in [0.15, 0.2) is 18.2 Å². The van der Waals surface area contributed by atoms with Crippen molar-refractivity contribution in [1.82, 2.24) is 0 Å². The molecule has 0 spiro atoms. The fourth-order valence-electron chi connectivity index (χ4n) is 0.387. The third-order valence-corrected chi connectivity index (χ3v) is 0.737. The zero-order chi connectivity index (χ0) is 7.98. The third-order valence-electron chi connectivity index (χ3n) is 0.737. The van der Waals surface area contributed by atoms with Gasteiger partial charge in [0.2, 0.25) is 0 Å². The van der Waals surface area contributed by atoms with Gasteiger partial charge in [-0.15, -0.1) is 24.3 Å². The van der Waals surface area contributed by atoms with Gasteiger partial charge in [0.05, 0.1) is 0 Å². The van der Waals surface area contributed by atoms with Crippen LogP contribution < -0.4 is 0 Å². The molecule has 0 N–H and O–H groups in total. The molecule has 0 amide bonds. The van der Waals surface area contributed by atoms with Crippen LogP contribution in [0, 0.1) is 17.7 Å². The van der Waals surface area contributed by atoms with Gasteiger partial charge in [0.1, 0.15) is 0 Å². The van der Waals surface area contributed by atoms with E-state index >= 15 is 0 Å². The van der Waals surface area contributed by atoms with Crippen LogP contribution in [-0.4, -0.2) is 0 Å². The van der Waals surface area contributed by atoms with Gasteiger partial charge in [-0.3, -0.25) is 4.39 Å². The Hall–Kier alpha value is 0.183. The van der Waals surface area contributed by atoms with Crippen LogP contribution in [0.2, 0.25) is 0 Å². The van der Waals surface area contributed by atoms with Crippen molar-refractivity contribution in [3.8, 4) is 0 Å². The van der Waals surface area contributed by atoms with Gasteiger partial charge in [-0.25, -0.2) is 4.39 Å². The molecule has 0 aromatic heterocycles. The molecule has 0 radical (unpaired) electrons. The fraction of sp³-hybridized carbons (Fsp3) is 0. The van der Waals surface area contributed by atoms with Crippen LogP contribution in [0.1, 0.15) is 0 Å². The number of hydrogen-bond acceptors (Lipinski definition) is 0. The fourth-order valence-corrected chi connectivity index (χ4v) is 0.387. The second kappa shape index (κ2) is 5.93. The molecule has 1 aromatic carbocycles. The SMILES string of the molecule is Fc1[c-]cc(F)cc1.[Zn+][Br]. The van der Waals surface area contributed by atoms with Crippen molar-refractivity contribution < 1.29 is 25.1 Å². The van der Waals surface area contributed by atoms with E-state index in [1.165, 1.54) is 16.3 Å². The van der Waals surface area contributed by atoms with Crippen molar-refractivity contribution in [2.24, 2.45) is 0 Å². The average molecular weight is 258 g/mol. The van der Waals surface area contributed by atoms with Gasteiger partial charge in [0.15, 0.2) is 0 Å².